The summed E-state index contributed by atoms with van der Waals surface area (Å²) in [4.78, 5) is 19.1. The number of hydrogen-bond acceptors (Lipinski definition) is 2. The van der Waals surface area contributed by atoms with E-state index in [-0.39, 0.29) is 5.91 Å². The molecule has 0 aliphatic heterocycles. The number of para-hydroxylation sites is 1. The van der Waals surface area contributed by atoms with E-state index < -0.39 is 0 Å². The van der Waals surface area contributed by atoms with Crippen molar-refractivity contribution < 1.29 is 4.79 Å². The molecule has 1 aromatic carbocycles. The standard InChI is InChI=1S/C20H24N2O/c1-2-22(18-11-4-3-5-12-18)19(23)14-13-17-9-6-8-16-10-7-15-21-20(16)17/h6-10,13-15,18H,2-5,11-12H2,1H3/b14-13+. The molecule has 1 saturated carbocycles. The number of benzene rings is 1. The largest absolute Gasteiger partial charge is 0.336 e. The summed E-state index contributed by atoms with van der Waals surface area (Å²) in [6.07, 6.45) is 11.5. The highest BCUT2D eigenvalue weighted by atomic mass is 16.2. The van der Waals surface area contributed by atoms with E-state index in [9.17, 15) is 4.79 Å². The first-order valence-corrected chi connectivity index (χ1v) is 8.62. The Morgan fingerprint density at radius 2 is 2.00 bits per heavy atom. The van der Waals surface area contributed by atoms with Crippen molar-refractivity contribution in [2.75, 3.05) is 6.54 Å². The third-order valence-electron chi connectivity index (χ3n) is 4.71. The number of fused-ring (bicyclic) bond motifs is 1. The monoisotopic (exact) mass is 308 g/mol. The van der Waals surface area contributed by atoms with Crippen molar-refractivity contribution in [3.05, 3.63) is 48.2 Å². The normalized spacial score (nSPS) is 16.0. The first-order chi connectivity index (χ1) is 11.3. The Morgan fingerprint density at radius 1 is 1.22 bits per heavy atom. The third kappa shape index (κ3) is 3.61. The van der Waals surface area contributed by atoms with Gasteiger partial charge in [-0.3, -0.25) is 9.78 Å². The van der Waals surface area contributed by atoms with Crippen LogP contribution in [0.1, 0.15) is 44.6 Å². The molecule has 1 aliphatic carbocycles. The van der Waals surface area contributed by atoms with Crippen LogP contribution in [-0.4, -0.2) is 28.4 Å². The zero-order chi connectivity index (χ0) is 16.1. The Bertz CT molecular complexity index is 696. The molecule has 3 rings (SSSR count). The van der Waals surface area contributed by atoms with E-state index in [1.165, 1.54) is 19.3 Å². The SMILES string of the molecule is CCN(C(=O)/C=C/c1cccc2cccnc12)C1CCCCC1. The van der Waals surface area contributed by atoms with Crippen LogP contribution in [0.3, 0.4) is 0 Å². The smallest absolute Gasteiger partial charge is 0.246 e. The number of nitrogens with zero attached hydrogens (tertiary/aromatic N) is 2. The van der Waals surface area contributed by atoms with Gasteiger partial charge in [-0.1, -0.05) is 43.5 Å². The molecule has 1 fully saturated rings. The van der Waals surface area contributed by atoms with Crippen molar-refractivity contribution in [2.45, 2.75) is 45.1 Å². The maximum atomic E-state index is 12.6. The molecule has 0 spiro atoms. The van der Waals surface area contributed by atoms with Gasteiger partial charge >= 0.3 is 0 Å². The van der Waals surface area contributed by atoms with Crippen LogP contribution in [0.25, 0.3) is 17.0 Å². The summed E-state index contributed by atoms with van der Waals surface area (Å²) in [5, 5.41) is 1.10. The molecule has 0 saturated heterocycles. The van der Waals surface area contributed by atoms with E-state index in [0.717, 1.165) is 35.9 Å². The second kappa shape index (κ2) is 7.40. The van der Waals surface area contributed by atoms with Gasteiger partial charge in [0, 0.05) is 35.8 Å². The Kier molecular flexibility index (Phi) is 5.06. The van der Waals surface area contributed by atoms with Gasteiger partial charge in [0.2, 0.25) is 5.91 Å². The molecule has 1 heterocycles. The topological polar surface area (TPSA) is 33.2 Å². The van der Waals surface area contributed by atoms with Gasteiger partial charge in [0.1, 0.15) is 0 Å². The first-order valence-electron chi connectivity index (χ1n) is 8.62. The van der Waals surface area contributed by atoms with Crippen molar-refractivity contribution in [1.82, 2.24) is 9.88 Å². The fourth-order valence-corrected chi connectivity index (χ4v) is 3.51. The minimum atomic E-state index is 0.118. The van der Waals surface area contributed by atoms with Gasteiger partial charge in [-0.2, -0.15) is 0 Å². The van der Waals surface area contributed by atoms with Crippen LogP contribution in [0.2, 0.25) is 0 Å². The van der Waals surface area contributed by atoms with Crippen LogP contribution in [0.4, 0.5) is 0 Å². The lowest BCUT2D eigenvalue weighted by Crippen LogP contribution is -2.40. The second-order valence-corrected chi connectivity index (χ2v) is 6.17. The Labute approximate surface area is 138 Å². The maximum absolute atomic E-state index is 12.6. The molecular formula is C20H24N2O. The summed E-state index contributed by atoms with van der Waals surface area (Å²) in [7, 11) is 0. The minimum absolute atomic E-state index is 0.118. The summed E-state index contributed by atoms with van der Waals surface area (Å²) in [5.74, 6) is 0.118. The van der Waals surface area contributed by atoms with Gasteiger partial charge in [-0.05, 0) is 31.9 Å². The van der Waals surface area contributed by atoms with E-state index in [1.54, 1.807) is 12.3 Å². The number of rotatable bonds is 4. The molecule has 0 radical (unpaired) electrons. The van der Waals surface area contributed by atoms with Crippen LogP contribution in [0.15, 0.2) is 42.6 Å². The molecule has 120 valence electrons. The highest BCUT2D eigenvalue weighted by Crippen LogP contribution is 2.23. The number of amides is 1. The lowest BCUT2D eigenvalue weighted by molar-refractivity contribution is -0.128. The van der Waals surface area contributed by atoms with Gasteiger partial charge in [0.15, 0.2) is 0 Å². The van der Waals surface area contributed by atoms with Crippen LogP contribution < -0.4 is 0 Å². The zero-order valence-electron chi connectivity index (χ0n) is 13.7. The third-order valence-corrected chi connectivity index (χ3v) is 4.71. The van der Waals surface area contributed by atoms with Crippen LogP contribution >= 0.6 is 0 Å². The quantitative estimate of drug-likeness (QED) is 0.783. The molecule has 2 aromatic rings. The summed E-state index contributed by atoms with van der Waals surface area (Å²) >= 11 is 0. The molecule has 1 aliphatic rings. The predicted octanol–water partition coefficient (Wildman–Crippen LogP) is 4.43. The lowest BCUT2D eigenvalue weighted by Gasteiger charge is -2.32. The lowest BCUT2D eigenvalue weighted by atomic mass is 9.94. The van der Waals surface area contributed by atoms with Gasteiger partial charge in [-0.15, -0.1) is 0 Å². The first kappa shape index (κ1) is 15.7. The molecule has 0 N–H and O–H groups in total. The molecule has 1 aromatic heterocycles. The summed E-state index contributed by atoms with van der Waals surface area (Å²) in [5.41, 5.74) is 1.94. The van der Waals surface area contributed by atoms with Crippen molar-refractivity contribution in [3.63, 3.8) is 0 Å². The van der Waals surface area contributed by atoms with E-state index in [0.29, 0.717) is 6.04 Å². The van der Waals surface area contributed by atoms with Crippen molar-refractivity contribution in [2.24, 2.45) is 0 Å². The summed E-state index contributed by atoms with van der Waals surface area (Å²) < 4.78 is 0. The molecule has 3 heteroatoms. The molecule has 0 bridgehead atoms. The average Bonchev–Trinajstić information content (AvgIpc) is 2.61. The van der Waals surface area contributed by atoms with Gasteiger partial charge < -0.3 is 4.90 Å². The highest BCUT2D eigenvalue weighted by Gasteiger charge is 2.22. The minimum Gasteiger partial charge on any atom is -0.336 e. The Morgan fingerprint density at radius 3 is 2.78 bits per heavy atom. The molecule has 23 heavy (non-hydrogen) atoms. The number of carbonyl (C=O) groups is 1. The number of hydrogen-bond donors (Lipinski definition) is 0. The number of likely N-dealkylation sites (N-methyl/N-ethyl adjacent to an activating group) is 1. The van der Waals surface area contributed by atoms with Crippen molar-refractivity contribution in [3.8, 4) is 0 Å². The van der Waals surface area contributed by atoms with Crippen LogP contribution in [-0.2, 0) is 4.79 Å². The summed E-state index contributed by atoms with van der Waals surface area (Å²) in [6, 6.07) is 10.5. The molecule has 0 atom stereocenters. The van der Waals surface area contributed by atoms with Crippen molar-refractivity contribution in [1.29, 1.82) is 0 Å². The fraction of sp³-hybridized carbons (Fsp3) is 0.400. The average molecular weight is 308 g/mol. The second-order valence-electron chi connectivity index (χ2n) is 6.17. The molecule has 1 amide bonds. The molecular weight excluding hydrogens is 284 g/mol. The van der Waals surface area contributed by atoms with E-state index in [1.807, 2.05) is 41.3 Å². The van der Waals surface area contributed by atoms with Crippen molar-refractivity contribution >= 4 is 22.9 Å². The maximum Gasteiger partial charge on any atom is 0.246 e. The Balaban J connectivity index is 1.78. The number of aromatic nitrogens is 1. The van der Waals surface area contributed by atoms with Crippen LogP contribution in [0.5, 0.6) is 0 Å². The Hall–Kier alpha value is -2.16. The number of pyridine rings is 1. The predicted molar refractivity (Wildman–Crippen MR) is 95.0 cm³/mol. The van der Waals surface area contributed by atoms with E-state index in [2.05, 4.69) is 11.9 Å². The number of carbonyl (C=O) groups excluding carboxylic acids is 1. The zero-order valence-corrected chi connectivity index (χ0v) is 13.7. The molecule has 0 unspecified atom stereocenters. The van der Waals surface area contributed by atoms with E-state index in [4.69, 9.17) is 0 Å². The molecule has 3 nitrogen and oxygen atoms in total. The van der Waals surface area contributed by atoms with Crippen LogP contribution in [0, 0.1) is 0 Å². The van der Waals surface area contributed by atoms with E-state index >= 15 is 0 Å². The fourth-order valence-electron chi connectivity index (χ4n) is 3.51. The van der Waals surface area contributed by atoms with Gasteiger partial charge in [0.25, 0.3) is 0 Å². The van der Waals surface area contributed by atoms with Gasteiger partial charge in [0.05, 0.1) is 5.52 Å². The highest BCUT2D eigenvalue weighted by molar-refractivity contribution is 5.95. The van der Waals surface area contributed by atoms with Gasteiger partial charge in [-0.25, -0.2) is 0 Å². The summed E-state index contributed by atoms with van der Waals surface area (Å²) in [6.45, 7) is 2.85.